The molecule has 0 N–H and O–H groups in total. The van der Waals surface area contributed by atoms with Crippen LogP contribution in [0.4, 0.5) is 0 Å². The van der Waals surface area contributed by atoms with Gasteiger partial charge >= 0.3 is 5.97 Å². The van der Waals surface area contributed by atoms with Crippen LogP contribution >= 0.6 is 0 Å². The molecule has 1 aliphatic heterocycles. The van der Waals surface area contributed by atoms with E-state index in [1.165, 1.54) is 0 Å². The Balaban J connectivity index is 1.58. The summed E-state index contributed by atoms with van der Waals surface area (Å²) in [4.78, 5) is 11.9. The number of rotatable bonds is 3. The van der Waals surface area contributed by atoms with E-state index in [0.717, 1.165) is 16.9 Å². The molecule has 3 nitrogen and oxygen atoms in total. The van der Waals surface area contributed by atoms with E-state index in [2.05, 4.69) is 0 Å². The van der Waals surface area contributed by atoms with Crippen LogP contribution in [-0.2, 0) is 22.6 Å². The molecule has 1 heterocycles. The van der Waals surface area contributed by atoms with Crippen molar-refractivity contribution in [2.45, 2.75) is 19.1 Å². The molecule has 2 aromatic rings. The van der Waals surface area contributed by atoms with Crippen molar-refractivity contribution in [3.8, 4) is 5.75 Å². The predicted octanol–water partition coefficient (Wildman–Crippen LogP) is 2.73. The fraction of sp³-hybridized carbons (Fsp3) is 0.188. The van der Waals surface area contributed by atoms with Gasteiger partial charge in [0.15, 0.2) is 6.10 Å². The summed E-state index contributed by atoms with van der Waals surface area (Å²) in [7, 11) is 0. The first-order valence-corrected chi connectivity index (χ1v) is 6.28. The third kappa shape index (κ3) is 2.60. The summed E-state index contributed by atoms with van der Waals surface area (Å²) in [5.74, 6) is 0.476. The second-order valence-corrected chi connectivity index (χ2v) is 4.51. The highest BCUT2D eigenvalue weighted by atomic mass is 16.6. The maximum absolute atomic E-state index is 11.9. The Hall–Kier alpha value is -2.29. The maximum atomic E-state index is 11.9. The molecule has 0 bridgehead atoms. The zero-order chi connectivity index (χ0) is 13.1. The highest BCUT2D eigenvalue weighted by Gasteiger charge is 2.29. The predicted molar refractivity (Wildman–Crippen MR) is 70.8 cm³/mol. The fourth-order valence-electron chi connectivity index (χ4n) is 2.14. The van der Waals surface area contributed by atoms with Crippen LogP contribution in [-0.4, -0.2) is 12.1 Å². The average molecular weight is 254 g/mol. The van der Waals surface area contributed by atoms with Crippen LogP contribution in [0.15, 0.2) is 54.6 Å². The van der Waals surface area contributed by atoms with Crippen molar-refractivity contribution >= 4 is 5.97 Å². The monoisotopic (exact) mass is 254 g/mol. The second-order valence-electron chi connectivity index (χ2n) is 4.51. The smallest absolute Gasteiger partial charge is 0.348 e. The summed E-state index contributed by atoms with van der Waals surface area (Å²) in [5, 5.41) is 0. The number of hydrogen-bond donors (Lipinski definition) is 0. The van der Waals surface area contributed by atoms with E-state index in [0.29, 0.717) is 6.42 Å². The molecule has 1 aliphatic rings. The molecule has 0 spiro atoms. The lowest BCUT2D eigenvalue weighted by Gasteiger charge is -2.10. The number of carbonyl (C=O) groups excluding carboxylic acids is 1. The van der Waals surface area contributed by atoms with Gasteiger partial charge < -0.3 is 9.47 Å². The summed E-state index contributed by atoms with van der Waals surface area (Å²) < 4.78 is 10.9. The van der Waals surface area contributed by atoms with Crippen molar-refractivity contribution < 1.29 is 14.3 Å². The standard InChI is InChI=1S/C16H14O3/c17-16(18-11-12-6-2-1-3-7-12)15-10-13-8-4-5-9-14(13)19-15/h1-9,15H,10-11H2. The van der Waals surface area contributed by atoms with E-state index >= 15 is 0 Å². The normalized spacial score (nSPS) is 16.5. The molecule has 0 fully saturated rings. The Labute approximate surface area is 111 Å². The van der Waals surface area contributed by atoms with Gasteiger partial charge in [0, 0.05) is 6.42 Å². The van der Waals surface area contributed by atoms with Gasteiger partial charge in [0.2, 0.25) is 0 Å². The zero-order valence-electron chi connectivity index (χ0n) is 10.4. The molecular weight excluding hydrogens is 240 g/mol. The lowest BCUT2D eigenvalue weighted by atomic mass is 10.1. The van der Waals surface area contributed by atoms with Gasteiger partial charge in [0.1, 0.15) is 12.4 Å². The third-order valence-corrected chi connectivity index (χ3v) is 3.13. The first-order valence-electron chi connectivity index (χ1n) is 6.28. The average Bonchev–Trinajstić information content (AvgIpc) is 2.90. The van der Waals surface area contributed by atoms with E-state index in [9.17, 15) is 4.79 Å². The quantitative estimate of drug-likeness (QED) is 0.790. The van der Waals surface area contributed by atoms with Gasteiger partial charge in [-0.2, -0.15) is 0 Å². The first kappa shape index (κ1) is 11.8. The molecule has 96 valence electrons. The Morgan fingerprint density at radius 1 is 1.11 bits per heavy atom. The molecule has 0 amide bonds. The van der Waals surface area contributed by atoms with Gasteiger partial charge in [0.05, 0.1) is 0 Å². The van der Waals surface area contributed by atoms with E-state index in [1.54, 1.807) is 0 Å². The van der Waals surface area contributed by atoms with Crippen molar-refractivity contribution in [1.82, 2.24) is 0 Å². The van der Waals surface area contributed by atoms with Gasteiger partial charge in [-0.3, -0.25) is 0 Å². The van der Waals surface area contributed by atoms with Crippen LogP contribution < -0.4 is 4.74 Å². The van der Waals surface area contributed by atoms with Gasteiger partial charge in [-0.15, -0.1) is 0 Å². The highest BCUT2D eigenvalue weighted by Crippen LogP contribution is 2.28. The van der Waals surface area contributed by atoms with Crippen molar-refractivity contribution in [2.75, 3.05) is 0 Å². The van der Waals surface area contributed by atoms with E-state index < -0.39 is 6.10 Å². The Bertz CT molecular complexity index is 553. The largest absolute Gasteiger partial charge is 0.478 e. The lowest BCUT2D eigenvalue weighted by molar-refractivity contribution is -0.152. The highest BCUT2D eigenvalue weighted by molar-refractivity contribution is 5.76. The number of esters is 1. The van der Waals surface area contributed by atoms with Gasteiger partial charge in [-0.05, 0) is 17.2 Å². The number of ether oxygens (including phenoxy) is 2. The summed E-state index contributed by atoms with van der Waals surface area (Å²) in [6.07, 6.45) is 0.0742. The summed E-state index contributed by atoms with van der Waals surface area (Å²) in [5.41, 5.74) is 2.04. The zero-order valence-corrected chi connectivity index (χ0v) is 10.4. The van der Waals surface area contributed by atoms with Crippen LogP contribution in [0, 0.1) is 0 Å². The molecule has 0 aliphatic carbocycles. The Morgan fingerprint density at radius 2 is 1.84 bits per heavy atom. The van der Waals surface area contributed by atoms with Gasteiger partial charge in [-0.25, -0.2) is 4.79 Å². The van der Waals surface area contributed by atoms with Crippen LogP contribution in [0.5, 0.6) is 5.75 Å². The van der Waals surface area contributed by atoms with Gasteiger partial charge in [0.25, 0.3) is 0 Å². The van der Waals surface area contributed by atoms with E-state index in [4.69, 9.17) is 9.47 Å². The molecule has 19 heavy (non-hydrogen) atoms. The number of fused-ring (bicyclic) bond motifs is 1. The van der Waals surface area contributed by atoms with Crippen molar-refractivity contribution in [3.63, 3.8) is 0 Å². The Kier molecular flexibility index (Phi) is 3.19. The minimum atomic E-state index is -0.513. The van der Waals surface area contributed by atoms with Crippen LogP contribution in [0.25, 0.3) is 0 Å². The fourth-order valence-corrected chi connectivity index (χ4v) is 2.14. The molecule has 0 radical (unpaired) electrons. The molecule has 1 atom stereocenters. The lowest BCUT2D eigenvalue weighted by Crippen LogP contribution is -2.27. The second kappa shape index (κ2) is 5.14. The van der Waals surface area contributed by atoms with Crippen molar-refractivity contribution in [3.05, 3.63) is 65.7 Å². The summed E-state index contributed by atoms with van der Waals surface area (Å²) in [6, 6.07) is 17.3. The molecule has 0 saturated carbocycles. The van der Waals surface area contributed by atoms with Crippen molar-refractivity contribution in [1.29, 1.82) is 0 Å². The summed E-state index contributed by atoms with van der Waals surface area (Å²) >= 11 is 0. The molecular formula is C16H14O3. The maximum Gasteiger partial charge on any atom is 0.348 e. The SMILES string of the molecule is O=C(OCc1ccccc1)C1Cc2ccccc2O1. The van der Waals surface area contributed by atoms with Crippen LogP contribution in [0.3, 0.4) is 0 Å². The third-order valence-electron chi connectivity index (χ3n) is 3.13. The molecule has 3 heteroatoms. The minimum absolute atomic E-state index is 0.288. The van der Waals surface area contributed by atoms with E-state index in [1.807, 2.05) is 54.6 Å². The number of para-hydroxylation sites is 1. The molecule has 1 unspecified atom stereocenters. The molecule has 3 rings (SSSR count). The topological polar surface area (TPSA) is 35.5 Å². The van der Waals surface area contributed by atoms with Gasteiger partial charge in [-0.1, -0.05) is 48.5 Å². The number of benzene rings is 2. The molecule has 2 aromatic carbocycles. The molecule has 0 saturated heterocycles. The number of carbonyl (C=O) groups is 1. The summed E-state index contributed by atoms with van der Waals surface area (Å²) in [6.45, 7) is 0.288. The Morgan fingerprint density at radius 3 is 2.63 bits per heavy atom. The molecule has 0 aromatic heterocycles. The van der Waals surface area contributed by atoms with Crippen molar-refractivity contribution in [2.24, 2.45) is 0 Å². The first-order chi connectivity index (χ1) is 9.33. The van der Waals surface area contributed by atoms with Crippen LogP contribution in [0.2, 0.25) is 0 Å². The van der Waals surface area contributed by atoms with E-state index in [-0.39, 0.29) is 12.6 Å². The minimum Gasteiger partial charge on any atom is -0.478 e. The number of hydrogen-bond acceptors (Lipinski definition) is 3. The van der Waals surface area contributed by atoms with Crippen LogP contribution in [0.1, 0.15) is 11.1 Å².